The maximum absolute atomic E-state index is 5.78. The quantitative estimate of drug-likeness (QED) is 0.642. The molecule has 0 saturated carbocycles. The molecule has 0 amide bonds. The fourth-order valence-electron chi connectivity index (χ4n) is 3.10. The summed E-state index contributed by atoms with van der Waals surface area (Å²) in [6, 6.07) is 5.95. The molecule has 0 aromatic heterocycles. The van der Waals surface area contributed by atoms with Crippen molar-refractivity contribution in [3.05, 3.63) is 29.8 Å². The van der Waals surface area contributed by atoms with Gasteiger partial charge in [0.05, 0.1) is 20.3 Å². The number of methoxy groups -OCH3 is 1. The second-order valence-electron chi connectivity index (χ2n) is 6.42. The third kappa shape index (κ3) is 6.17. The molecule has 24 heavy (non-hydrogen) atoms. The second kappa shape index (κ2) is 10.4. The Hall–Kier alpha value is -1.52. The van der Waals surface area contributed by atoms with Gasteiger partial charge in [0.1, 0.15) is 6.61 Å². The molecule has 1 saturated heterocycles. The molecule has 1 heterocycles. The van der Waals surface area contributed by atoms with E-state index in [1.165, 1.54) is 25.9 Å². The summed E-state index contributed by atoms with van der Waals surface area (Å²) in [4.78, 5) is 2.50. The monoisotopic (exact) mass is 333 g/mol. The van der Waals surface area contributed by atoms with Crippen LogP contribution in [0, 0.1) is 5.92 Å². The molecule has 0 bridgehead atoms. The Morgan fingerprint density at radius 2 is 2.08 bits per heavy atom. The van der Waals surface area contributed by atoms with Crippen LogP contribution in [0.3, 0.4) is 0 Å². The van der Waals surface area contributed by atoms with Crippen molar-refractivity contribution >= 4 is 6.08 Å². The third-order valence-electron chi connectivity index (χ3n) is 4.33. The highest BCUT2D eigenvalue weighted by Crippen LogP contribution is 2.28. The Balaban J connectivity index is 1.65. The minimum absolute atomic E-state index is 0.537. The normalized spacial score (nSPS) is 18.9. The summed E-state index contributed by atoms with van der Waals surface area (Å²) in [5.74, 6) is 2.34. The molecule has 1 fully saturated rings. The van der Waals surface area contributed by atoms with Gasteiger partial charge in [0.2, 0.25) is 0 Å². The number of ether oxygens (including phenoxy) is 3. The smallest absolute Gasteiger partial charge is 0.161 e. The average molecular weight is 333 g/mol. The van der Waals surface area contributed by atoms with Crippen molar-refractivity contribution in [2.75, 3.05) is 46.6 Å². The topological polar surface area (TPSA) is 30.9 Å². The zero-order chi connectivity index (χ0) is 17.2. The van der Waals surface area contributed by atoms with E-state index in [2.05, 4.69) is 11.8 Å². The van der Waals surface area contributed by atoms with Crippen LogP contribution in [0.25, 0.3) is 6.08 Å². The largest absolute Gasteiger partial charge is 0.493 e. The Bertz CT molecular complexity index is 516. The molecule has 0 radical (unpaired) electrons. The Morgan fingerprint density at radius 3 is 2.83 bits per heavy atom. The predicted octanol–water partition coefficient (Wildman–Crippen LogP) is 3.86. The number of benzene rings is 1. The molecule has 0 spiro atoms. The highest BCUT2D eigenvalue weighted by Gasteiger charge is 2.15. The molecule has 1 aromatic carbocycles. The van der Waals surface area contributed by atoms with Gasteiger partial charge in [0.25, 0.3) is 0 Å². The minimum Gasteiger partial charge on any atom is -0.493 e. The number of hydrogen-bond acceptors (Lipinski definition) is 4. The SMILES string of the molecule is C/C=C/c1ccc(OCCOCCN2CCC[C@@H](C)C2)c(OC)c1. The van der Waals surface area contributed by atoms with Gasteiger partial charge in [-0.25, -0.2) is 0 Å². The number of hydrogen-bond donors (Lipinski definition) is 0. The fraction of sp³-hybridized carbons (Fsp3) is 0.600. The molecular weight excluding hydrogens is 302 g/mol. The van der Waals surface area contributed by atoms with Gasteiger partial charge >= 0.3 is 0 Å². The number of rotatable bonds is 9. The zero-order valence-corrected chi connectivity index (χ0v) is 15.3. The van der Waals surface area contributed by atoms with Crippen LogP contribution < -0.4 is 9.47 Å². The molecule has 2 rings (SSSR count). The molecule has 0 N–H and O–H groups in total. The van der Waals surface area contributed by atoms with Gasteiger partial charge < -0.3 is 19.1 Å². The van der Waals surface area contributed by atoms with E-state index >= 15 is 0 Å². The van der Waals surface area contributed by atoms with Gasteiger partial charge in [-0.3, -0.25) is 0 Å². The molecule has 0 aliphatic carbocycles. The van der Waals surface area contributed by atoms with E-state index < -0.39 is 0 Å². The van der Waals surface area contributed by atoms with Crippen molar-refractivity contribution < 1.29 is 14.2 Å². The van der Waals surface area contributed by atoms with Crippen LogP contribution >= 0.6 is 0 Å². The summed E-state index contributed by atoms with van der Waals surface area (Å²) in [5, 5.41) is 0. The summed E-state index contributed by atoms with van der Waals surface area (Å²) < 4.78 is 16.9. The molecular formula is C20H31NO3. The number of likely N-dealkylation sites (tertiary alicyclic amines) is 1. The van der Waals surface area contributed by atoms with Crippen molar-refractivity contribution in [3.8, 4) is 11.5 Å². The number of piperidine rings is 1. The van der Waals surface area contributed by atoms with Crippen LogP contribution in [-0.2, 0) is 4.74 Å². The highest BCUT2D eigenvalue weighted by molar-refractivity contribution is 5.55. The first-order chi connectivity index (χ1) is 11.7. The van der Waals surface area contributed by atoms with Crippen LogP contribution in [0.5, 0.6) is 11.5 Å². The Labute approximate surface area is 146 Å². The average Bonchev–Trinajstić information content (AvgIpc) is 2.59. The van der Waals surface area contributed by atoms with E-state index in [1.807, 2.05) is 37.3 Å². The zero-order valence-electron chi connectivity index (χ0n) is 15.3. The van der Waals surface area contributed by atoms with Crippen LogP contribution in [0.2, 0.25) is 0 Å². The first kappa shape index (κ1) is 18.8. The van der Waals surface area contributed by atoms with E-state index in [4.69, 9.17) is 14.2 Å². The lowest BCUT2D eigenvalue weighted by Crippen LogP contribution is -2.36. The lowest BCUT2D eigenvalue weighted by atomic mass is 10.0. The van der Waals surface area contributed by atoms with Crippen LogP contribution in [0.15, 0.2) is 24.3 Å². The van der Waals surface area contributed by atoms with Gasteiger partial charge in [-0.2, -0.15) is 0 Å². The lowest BCUT2D eigenvalue weighted by Gasteiger charge is -2.30. The third-order valence-corrected chi connectivity index (χ3v) is 4.33. The van der Waals surface area contributed by atoms with Crippen molar-refractivity contribution in [2.45, 2.75) is 26.7 Å². The number of nitrogens with zero attached hydrogens (tertiary/aromatic N) is 1. The van der Waals surface area contributed by atoms with Crippen molar-refractivity contribution in [1.29, 1.82) is 0 Å². The van der Waals surface area contributed by atoms with Crippen molar-refractivity contribution in [3.63, 3.8) is 0 Å². The highest BCUT2D eigenvalue weighted by atomic mass is 16.5. The molecule has 0 unspecified atom stereocenters. The summed E-state index contributed by atoms with van der Waals surface area (Å²) >= 11 is 0. The molecule has 1 aliphatic heterocycles. The van der Waals surface area contributed by atoms with Gasteiger partial charge in [0, 0.05) is 13.1 Å². The number of allylic oxidation sites excluding steroid dienone is 1. The first-order valence-electron chi connectivity index (χ1n) is 8.96. The second-order valence-corrected chi connectivity index (χ2v) is 6.42. The minimum atomic E-state index is 0.537. The van der Waals surface area contributed by atoms with Gasteiger partial charge in [-0.05, 0) is 49.9 Å². The Kier molecular flexibility index (Phi) is 8.13. The van der Waals surface area contributed by atoms with E-state index in [0.717, 1.165) is 36.1 Å². The molecule has 1 aromatic rings. The van der Waals surface area contributed by atoms with Gasteiger partial charge in [-0.1, -0.05) is 25.1 Å². The first-order valence-corrected chi connectivity index (χ1v) is 8.96. The summed E-state index contributed by atoms with van der Waals surface area (Å²) in [6.45, 7) is 9.67. The maximum Gasteiger partial charge on any atom is 0.161 e. The fourth-order valence-corrected chi connectivity index (χ4v) is 3.10. The van der Waals surface area contributed by atoms with E-state index in [0.29, 0.717) is 13.2 Å². The van der Waals surface area contributed by atoms with Crippen LogP contribution in [-0.4, -0.2) is 51.5 Å². The van der Waals surface area contributed by atoms with Gasteiger partial charge in [0.15, 0.2) is 11.5 Å². The van der Waals surface area contributed by atoms with Crippen molar-refractivity contribution in [2.24, 2.45) is 5.92 Å². The summed E-state index contributed by atoms with van der Waals surface area (Å²) in [7, 11) is 1.66. The predicted molar refractivity (Wildman–Crippen MR) is 98.9 cm³/mol. The molecule has 4 nitrogen and oxygen atoms in total. The summed E-state index contributed by atoms with van der Waals surface area (Å²) in [6.07, 6.45) is 6.72. The molecule has 1 atom stereocenters. The van der Waals surface area contributed by atoms with Crippen molar-refractivity contribution in [1.82, 2.24) is 4.90 Å². The van der Waals surface area contributed by atoms with E-state index in [9.17, 15) is 0 Å². The Morgan fingerprint density at radius 1 is 1.21 bits per heavy atom. The molecule has 4 heteroatoms. The van der Waals surface area contributed by atoms with Crippen LogP contribution in [0.4, 0.5) is 0 Å². The maximum atomic E-state index is 5.78. The van der Waals surface area contributed by atoms with Gasteiger partial charge in [-0.15, -0.1) is 0 Å². The van der Waals surface area contributed by atoms with E-state index in [1.54, 1.807) is 7.11 Å². The van der Waals surface area contributed by atoms with E-state index in [-0.39, 0.29) is 0 Å². The standard InChI is InChI=1S/C20H31NO3/c1-4-6-18-8-9-19(20(15-18)22-3)24-14-13-23-12-11-21-10-5-7-17(2)16-21/h4,6,8-9,15,17H,5,7,10-14,16H2,1-3H3/b6-4+/t17-/m1/s1. The lowest BCUT2D eigenvalue weighted by molar-refractivity contribution is 0.0683. The molecule has 134 valence electrons. The van der Waals surface area contributed by atoms with Crippen LogP contribution in [0.1, 0.15) is 32.3 Å². The summed E-state index contributed by atoms with van der Waals surface area (Å²) in [5.41, 5.74) is 1.11. The molecule has 1 aliphatic rings.